The van der Waals surface area contributed by atoms with Crippen molar-refractivity contribution < 1.29 is 27.2 Å². The Morgan fingerprint density at radius 2 is 2.11 bits per heavy atom. The highest BCUT2D eigenvalue weighted by molar-refractivity contribution is 6.29. The Balaban J connectivity index is 2.90. The summed E-state index contributed by atoms with van der Waals surface area (Å²) < 4.78 is 53.0. The molecule has 0 fully saturated rings. The molecule has 0 unspecified atom stereocenters. The summed E-state index contributed by atoms with van der Waals surface area (Å²) >= 11 is 5.38. The maximum Gasteiger partial charge on any atom is 0.340 e. The number of nitrogens with zero attached hydrogens (tertiary/aromatic N) is 2. The van der Waals surface area contributed by atoms with Gasteiger partial charge < -0.3 is 4.74 Å². The topological polar surface area (TPSA) is 65.3 Å². The lowest BCUT2D eigenvalue weighted by atomic mass is 10.4. The number of halogens is 5. The van der Waals surface area contributed by atoms with Gasteiger partial charge in [0, 0.05) is 6.07 Å². The second-order valence-electron chi connectivity index (χ2n) is 3.07. The number of ether oxygens (including phenoxy) is 1. The summed E-state index contributed by atoms with van der Waals surface area (Å²) in [4.78, 5) is 12.8. The van der Waals surface area contributed by atoms with E-state index in [1.807, 2.05) is 0 Å². The predicted molar refractivity (Wildman–Crippen MR) is 52.3 cm³/mol. The van der Waals surface area contributed by atoms with Crippen molar-refractivity contribution in [2.24, 2.45) is 0 Å². The molecule has 0 saturated carbocycles. The Bertz CT molecular complexity index is 458. The van der Waals surface area contributed by atoms with Crippen LogP contribution in [0.5, 0.6) is 5.88 Å². The maximum atomic E-state index is 12.6. The minimum absolute atomic E-state index is 0.254. The molecule has 10 heteroatoms. The molecule has 18 heavy (non-hydrogen) atoms. The Morgan fingerprint density at radius 1 is 1.50 bits per heavy atom. The summed E-state index contributed by atoms with van der Waals surface area (Å²) in [6.07, 6.45) is -3.95. The van der Waals surface area contributed by atoms with E-state index in [1.54, 1.807) is 0 Å². The van der Waals surface area contributed by atoms with E-state index in [0.717, 1.165) is 12.1 Å². The highest BCUT2D eigenvalue weighted by Gasteiger charge is 2.42. The zero-order valence-corrected chi connectivity index (χ0v) is 9.20. The molecule has 5 nitrogen and oxygen atoms in total. The maximum absolute atomic E-state index is 12.6. The van der Waals surface area contributed by atoms with Gasteiger partial charge in [0.15, 0.2) is 6.61 Å². The second kappa shape index (κ2) is 5.34. The predicted octanol–water partition coefficient (Wildman–Crippen LogP) is 2.92. The van der Waals surface area contributed by atoms with E-state index in [9.17, 15) is 27.7 Å². The van der Waals surface area contributed by atoms with Gasteiger partial charge in [0.2, 0.25) is 0 Å². The van der Waals surface area contributed by atoms with E-state index in [4.69, 9.17) is 11.6 Å². The number of nitro groups is 1. The molecule has 0 atom stereocenters. The van der Waals surface area contributed by atoms with E-state index in [2.05, 4.69) is 9.72 Å². The summed E-state index contributed by atoms with van der Waals surface area (Å²) in [6.45, 7) is -1.74. The minimum atomic E-state index is -4.43. The zero-order valence-electron chi connectivity index (χ0n) is 8.45. The fourth-order valence-corrected chi connectivity index (χ4v) is 1.02. The van der Waals surface area contributed by atoms with E-state index in [-0.39, 0.29) is 5.15 Å². The largest absolute Gasteiger partial charge is 0.466 e. The van der Waals surface area contributed by atoms with Crippen LogP contribution in [0.1, 0.15) is 0 Å². The van der Waals surface area contributed by atoms with Crippen LogP contribution in [0.3, 0.4) is 0 Å². The standard InChI is InChI=1S/C8H5ClF4N2O3/c9-5-2-1-4(15(16)17)6(14-5)18-3-8(12,13)7(10)11/h1-2,7H,3H2. The fraction of sp³-hybridized carbons (Fsp3) is 0.375. The van der Waals surface area contributed by atoms with E-state index < -0.39 is 35.4 Å². The minimum Gasteiger partial charge on any atom is -0.466 e. The monoisotopic (exact) mass is 288 g/mol. The molecule has 0 bridgehead atoms. The van der Waals surface area contributed by atoms with Crippen molar-refractivity contribution in [3.8, 4) is 5.88 Å². The van der Waals surface area contributed by atoms with E-state index >= 15 is 0 Å². The summed E-state index contributed by atoms with van der Waals surface area (Å²) in [5.41, 5.74) is -0.746. The molecule has 0 aliphatic heterocycles. The van der Waals surface area contributed by atoms with Gasteiger partial charge in [0.05, 0.1) is 4.92 Å². The molecule has 0 amide bonds. The molecule has 1 aromatic heterocycles. The van der Waals surface area contributed by atoms with Gasteiger partial charge in [0.1, 0.15) is 5.15 Å². The number of aromatic nitrogens is 1. The van der Waals surface area contributed by atoms with Crippen molar-refractivity contribution in [3.63, 3.8) is 0 Å². The van der Waals surface area contributed by atoms with Crippen LogP contribution in [0.4, 0.5) is 23.2 Å². The Morgan fingerprint density at radius 3 is 2.61 bits per heavy atom. The van der Waals surface area contributed by atoms with E-state index in [0.29, 0.717) is 0 Å². The van der Waals surface area contributed by atoms with Gasteiger partial charge in [-0.3, -0.25) is 10.1 Å². The van der Waals surface area contributed by atoms with Gasteiger partial charge in [-0.2, -0.15) is 13.8 Å². The van der Waals surface area contributed by atoms with Crippen LogP contribution in [0.25, 0.3) is 0 Å². The molecule has 0 aliphatic rings. The van der Waals surface area contributed by atoms with Gasteiger partial charge in [-0.05, 0) is 6.07 Å². The normalized spacial score (nSPS) is 11.7. The Hall–Kier alpha value is -1.64. The first-order chi connectivity index (χ1) is 8.24. The fourth-order valence-electron chi connectivity index (χ4n) is 0.883. The van der Waals surface area contributed by atoms with Crippen LogP contribution in [0, 0.1) is 10.1 Å². The highest BCUT2D eigenvalue weighted by Crippen LogP contribution is 2.29. The molecule has 1 aromatic rings. The molecule has 1 heterocycles. The van der Waals surface area contributed by atoms with Crippen molar-refractivity contribution in [1.82, 2.24) is 4.98 Å². The third-order valence-corrected chi connectivity index (χ3v) is 1.93. The van der Waals surface area contributed by atoms with Crippen molar-refractivity contribution in [3.05, 3.63) is 27.4 Å². The SMILES string of the molecule is O=[N+]([O-])c1ccc(Cl)nc1OCC(F)(F)C(F)F. The third kappa shape index (κ3) is 3.42. The molecule has 100 valence electrons. The molecule has 0 radical (unpaired) electrons. The Kier molecular flexibility index (Phi) is 4.28. The first-order valence-corrected chi connectivity index (χ1v) is 4.71. The zero-order chi connectivity index (χ0) is 13.9. The quantitative estimate of drug-likeness (QED) is 0.362. The smallest absolute Gasteiger partial charge is 0.340 e. The molecular weight excluding hydrogens is 284 g/mol. The van der Waals surface area contributed by atoms with Gasteiger partial charge >= 0.3 is 18.0 Å². The lowest BCUT2D eigenvalue weighted by molar-refractivity contribution is -0.386. The van der Waals surface area contributed by atoms with Gasteiger partial charge in [-0.25, -0.2) is 8.78 Å². The van der Waals surface area contributed by atoms with Crippen LogP contribution in [-0.4, -0.2) is 28.9 Å². The van der Waals surface area contributed by atoms with Gasteiger partial charge in [-0.15, -0.1) is 0 Å². The average Bonchev–Trinajstić information content (AvgIpc) is 2.26. The molecule has 0 saturated heterocycles. The number of hydrogen-bond acceptors (Lipinski definition) is 4. The first-order valence-electron chi connectivity index (χ1n) is 4.34. The van der Waals surface area contributed by atoms with E-state index in [1.165, 1.54) is 0 Å². The lowest BCUT2D eigenvalue weighted by Crippen LogP contribution is -2.34. The van der Waals surface area contributed by atoms with Crippen LogP contribution in [0.2, 0.25) is 5.15 Å². The van der Waals surface area contributed by atoms with Crippen LogP contribution < -0.4 is 4.74 Å². The summed E-state index contributed by atoms with van der Waals surface area (Å²) in [5.74, 6) is -5.27. The molecule has 0 N–H and O–H groups in total. The number of hydrogen-bond donors (Lipinski definition) is 0. The summed E-state index contributed by atoms with van der Waals surface area (Å²) in [7, 11) is 0. The second-order valence-corrected chi connectivity index (χ2v) is 3.45. The van der Waals surface area contributed by atoms with Crippen LogP contribution >= 0.6 is 11.6 Å². The van der Waals surface area contributed by atoms with Crippen LogP contribution in [-0.2, 0) is 0 Å². The number of pyridine rings is 1. The van der Waals surface area contributed by atoms with Crippen LogP contribution in [0.15, 0.2) is 12.1 Å². The van der Waals surface area contributed by atoms with Crippen molar-refractivity contribution in [1.29, 1.82) is 0 Å². The molecule has 0 spiro atoms. The number of alkyl halides is 4. The summed E-state index contributed by atoms with van der Waals surface area (Å²) in [6, 6.07) is 1.91. The average molecular weight is 289 g/mol. The molecule has 0 aromatic carbocycles. The van der Waals surface area contributed by atoms with Gasteiger partial charge in [0.25, 0.3) is 5.88 Å². The van der Waals surface area contributed by atoms with Crippen molar-refractivity contribution >= 4 is 17.3 Å². The lowest BCUT2D eigenvalue weighted by Gasteiger charge is -2.15. The van der Waals surface area contributed by atoms with Crippen molar-refractivity contribution in [2.45, 2.75) is 12.3 Å². The number of rotatable bonds is 5. The highest BCUT2D eigenvalue weighted by atomic mass is 35.5. The van der Waals surface area contributed by atoms with Gasteiger partial charge in [-0.1, -0.05) is 11.6 Å². The van der Waals surface area contributed by atoms with Crippen molar-refractivity contribution in [2.75, 3.05) is 6.61 Å². The summed E-state index contributed by atoms with van der Waals surface area (Å²) in [5, 5.41) is 10.2. The molecule has 0 aliphatic carbocycles. The third-order valence-electron chi connectivity index (χ3n) is 1.72. The molecule has 1 rings (SSSR count). The Labute approximate surface area is 102 Å². The molecular formula is C8H5ClF4N2O3. The first kappa shape index (κ1) is 14.4.